The molecule has 2 aromatic rings. The van der Waals surface area contributed by atoms with Crippen molar-refractivity contribution >= 4 is 5.78 Å². The summed E-state index contributed by atoms with van der Waals surface area (Å²) < 4.78 is 24.7. The summed E-state index contributed by atoms with van der Waals surface area (Å²) >= 11 is 0. The molecule has 1 heterocycles. The van der Waals surface area contributed by atoms with Crippen LogP contribution in [0.3, 0.4) is 0 Å². The van der Waals surface area contributed by atoms with Gasteiger partial charge in [-0.1, -0.05) is 12.1 Å². The number of carbonyl (C=O) groups is 1. The second kappa shape index (κ2) is 5.88. The van der Waals surface area contributed by atoms with Crippen LogP contribution in [0.2, 0.25) is 0 Å². The van der Waals surface area contributed by atoms with Gasteiger partial charge in [0.05, 0.1) is 5.56 Å². The first kappa shape index (κ1) is 15.3. The first-order chi connectivity index (χ1) is 11.0. The van der Waals surface area contributed by atoms with Crippen LogP contribution in [0, 0.1) is 12.7 Å². The molecule has 0 aliphatic carbocycles. The fourth-order valence-corrected chi connectivity index (χ4v) is 2.53. The number of ether oxygens (including phenoxy) is 2. The summed E-state index contributed by atoms with van der Waals surface area (Å²) in [4.78, 5) is 12.3. The van der Waals surface area contributed by atoms with E-state index in [2.05, 4.69) is 0 Å². The third-order valence-electron chi connectivity index (χ3n) is 3.75. The lowest BCUT2D eigenvalue weighted by Gasteiger charge is -2.11. The predicted molar refractivity (Wildman–Crippen MR) is 85.2 cm³/mol. The molecule has 0 unspecified atom stereocenters. The van der Waals surface area contributed by atoms with E-state index in [4.69, 9.17) is 9.47 Å². The number of allylic oxidation sites excluding steroid dienone is 2. The van der Waals surface area contributed by atoms with Gasteiger partial charge >= 0.3 is 0 Å². The van der Waals surface area contributed by atoms with E-state index < -0.39 is 0 Å². The molecule has 118 valence electrons. The van der Waals surface area contributed by atoms with Gasteiger partial charge in [-0.15, -0.1) is 0 Å². The first-order valence-electron chi connectivity index (χ1n) is 7.38. The third-order valence-corrected chi connectivity index (χ3v) is 3.75. The second-order valence-corrected chi connectivity index (χ2v) is 5.74. The quantitative estimate of drug-likeness (QED) is 0.778. The van der Waals surface area contributed by atoms with E-state index in [1.54, 1.807) is 24.3 Å². The lowest BCUT2D eigenvalue weighted by atomic mass is 10.1. The molecule has 0 N–H and O–H groups in total. The molecule has 23 heavy (non-hydrogen) atoms. The zero-order valence-electron chi connectivity index (χ0n) is 13.3. The molecule has 0 fully saturated rings. The highest BCUT2D eigenvalue weighted by Gasteiger charge is 2.30. The van der Waals surface area contributed by atoms with Crippen LogP contribution in [0.25, 0.3) is 0 Å². The molecule has 0 aromatic heterocycles. The van der Waals surface area contributed by atoms with Crippen LogP contribution >= 0.6 is 0 Å². The molecule has 0 atom stereocenters. The number of carbonyl (C=O) groups excluding carboxylic acids is 1. The van der Waals surface area contributed by atoms with Crippen LogP contribution < -0.4 is 9.47 Å². The third kappa shape index (κ3) is 2.84. The van der Waals surface area contributed by atoms with Crippen molar-refractivity contribution in [2.45, 2.75) is 27.4 Å². The Morgan fingerprint density at radius 3 is 2.70 bits per heavy atom. The number of hydrogen-bond acceptors (Lipinski definition) is 3. The number of rotatable bonds is 3. The zero-order chi connectivity index (χ0) is 16.6. The largest absolute Gasteiger partial charge is 0.488 e. The van der Waals surface area contributed by atoms with Crippen molar-refractivity contribution in [1.82, 2.24) is 0 Å². The fraction of sp³-hybridized carbons (Fsp3) is 0.211. The van der Waals surface area contributed by atoms with Crippen LogP contribution in [0.5, 0.6) is 11.5 Å². The average Bonchev–Trinajstić information content (AvgIpc) is 2.85. The Balaban J connectivity index is 1.86. The van der Waals surface area contributed by atoms with Gasteiger partial charge in [0.2, 0.25) is 5.78 Å². The lowest BCUT2D eigenvalue weighted by Crippen LogP contribution is -2.00. The number of Topliss-reactive ketones (excluding diaryl/α,β-unsaturated/α-hetero) is 1. The highest BCUT2D eigenvalue weighted by atomic mass is 19.1. The maximum atomic E-state index is 13.2. The van der Waals surface area contributed by atoms with Crippen molar-refractivity contribution in [3.05, 3.63) is 70.2 Å². The maximum Gasteiger partial charge on any atom is 0.231 e. The summed E-state index contributed by atoms with van der Waals surface area (Å²) in [5.74, 6) is 1.16. The predicted octanol–water partition coefficient (Wildman–Crippen LogP) is 4.58. The van der Waals surface area contributed by atoms with Crippen LogP contribution in [-0.2, 0) is 6.61 Å². The topological polar surface area (TPSA) is 35.5 Å². The van der Waals surface area contributed by atoms with E-state index in [0.717, 1.165) is 16.7 Å². The second-order valence-electron chi connectivity index (χ2n) is 5.74. The van der Waals surface area contributed by atoms with Gasteiger partial charge in [-0.2, -0.15) is 0 Å². The van der Waals surface area contributed by atoms with Crippen molar-refractivity contribution in [1.29, 1.82) is 0 Å². The Labute approximate surface area is 134 Å². The maximum absolute atomic E-state index is 13.2. The van der Waals surface area contributed by atoms with Crippen LogP contribution in [-0.4, -0.2) is 5.78 Å². The molecule has 0 saturated carbocycles. The van der Waals surface area contributed by atoms with E-state index in [1.807, 2.05) is 20.8 Å². The molecule has 0 amide bonds. The van der Waals surface area contributed by atoms with E-state index in [0.29, 0.717) is 22.8 Å². The SMILES string of the molecule is CC(C)=C1Oc2c(ccc(OCc3cccc(F)c3)c2C)C1=O. The monoisotopic (exact) mass is 312 g/mol. The molecule has 3 rings (SSSR count). The average molecular weight is 312 g/mol. The number of ketones is 1. The number of fused-ring (bicyclic) bond motifs is 1. The summed E-state index contributed by atoms with van der Waals surface area (Å²) in [6.45, 7) is 5.79. The summed E-state index contributed by atoms with van der Waals surface area (Å²) in [5.41, 5.74) is 2.90. The van der Waals surface area contributed by atoms with Crippen molar-refractivity contribution < 1.29 is 18.7 Å². The number of halogens is 1. The summed E-state index contributed by atoms with van der Waals surface area (Å²) in [5, 5.41) is 0. The highest BCUT2D eigenvalue weighted by molar-refractivity contribution is 6.13. The fourth-order valence-electron chi connectivity index (χ4n) is 2.53. The summed E-state index contributed by atoms with van der Waals surface area (Å²) in [6, 6.07) is 9.73. The number of benzene rings is 2. The Morgan fingerprint density at radius 2 is 2.00 bits per heavy atom. The van der Waals surface area contributed by atoms with Gasteiger partial charge < -0.3 is 9.47 Å². The van der Waals surface area contributed by atoms with Gasteiger partial charge in [-0.3, -0.25) is 4.79 Å². The van der Waals surface area contributed by atoms with Crippen molar-refractivity contribution in [2.75, 3.05) is 0 Å². The minimum Gasteiger partial charge on any atom is -0.488 e. The van der Waals surface area contributed by atoms with Gasteiger partial charge in [0, 0.05) is 5.56 Å². The summed E-state index contributed by atoms with van der Waals surface area (Å²) in [6.07, 6.45) is 0. The highest BCUT2D eigenvalue weighted by Crippen LogP contribution is 2.39. The lowest BCUT2D eigenvalue weighted by molar-refractivity contribution is 0.101. The Hall–Kier alpha value is -2.62. The van der Waals surface area contributed by atoms with Crippen molar-refractivity contribution in [3.8, 4) is 11.5 Å². The van der Waals surface area contributed by atoms with Gasteiger partial charge in [-0.25, -0.2) is 4.39 Å². The molecular formula is C19H17FO3. The van der Waals surface area contributed by atoms with Gasteiger partial charge in [0.1, 0.15) is 23.9 Å². The standard InChI is InChI=1S/C19H17FO3/c1-11(2)18-17(21)15-7-8-16(12(3)19(15)23-18)22-10-13-5-4-6-14(20)9-13/h4-9H,10H2,1-3H3. The van der Waals surface area contributed by atoms with Crippen LogP contribution in [0.1, 0.15) is 35.3 Å². The zero-order valence-corrected chi connectivity index (χ0v) is 13.3. The van der Waals surface area contributed by atoms with Crippen LogP contribution in [0.4, 0.5) is 4.39 Å². The molecule has 1 aliphatic heterocycles. The Morgan fingerprint density at radius 1 is 1.22 bits per heavy atom. The van der Waals surface area contributed by atoms with E-state index in [1.165, 1.54) is 12.1 Å². The molecule has 2 aromatic carbocycles. The molecule has 4 heteroatoms. The molecular weight excluding hydrogens is 295 g/mol. The van der Waals surface area contributed by atoms with E-state index in [-0.39, 0.29) is 18.2 Å². The molecule has 0 saturated heterocycles. The minimum atomic E-state index is -0.293. The molecule has 0 spiro atoms. The van der Waals surface area contributed by atoms with Gasteiger partial charge in [0.15, 0.2) is 5.76 Å². The van der Waals surface area contributed by atoms with E-state index >= 15 is 0 Å². The Kier molecular flexibility index (Phi) is 3.90. The molecule has 1 aliphatic rings. The Bertz CT molecular complexity index is 817. The normalized spacial score (nSPS) is 12.9. The van der Waals surface area contributed by atoms with Crippen LogP contribution in [0.15, 0.2) is 47.7 Å². The minimum absolute atomic E-state index is 0.0974. The molecule has 0 bridgehead atoms. The first-order valence-corrected chi connectivity index (χ1v) is 7.38. The number of hydrogen-bond donors (Lipinski definition) is 0. The van der Waals surface area contributed by atoms with Crippen molar-refractivity contribution in [2.24, 2.45) is 0 Å². The molecule has 0 radical (unpaired) electrons. The smallest absolute Gasteiger partial charge is 0.231 e. The van der Waals surface area contributed by atoms with Crippen molar-refractivity contribution in [3.63, 3.8) is 0 Å². The van der Waals surface area contributed by atoms with E-state index in [9.17, 15) is 9.18 Å². The van der Waals surface area contributed by atoms with Gasteiger partial charge in [-0.05, 0) is 56.2 Å². The summed E-state index contributed by atoms with van der Waals surface area (Å²) in [7, 11) is 0. The molecule has 3 nitrogen and oxygen atoms in total. The van der Waals surface area contributed by atoms with Gasteiger partial charge in [0.25, 0.3) is 0 Å².